The number of unbranched alkanes of at least 4 members (excludes halogenated alkanes) is 2. The summed E-state index contributed by atoms with van der Waals surface area (Å²) in [7, 11) is 4.45. The zero-order valence-electron chi connectivity index (χ0n) is 10.2. The molecule has 0 fully saturated rings. The Kier molecular flexibility index (Phi) is 11.6. The van der Waals surface area contributed by atoms with Crippen LogP contribution in [0.1, 0.15) is 39.5 Å². The molecule has 88 valence electrons. The standard InChI is InChI=1S/C11H26NO.ClH/c1-5-7-8-10-13-11-12(3,4)9-6-2;/h5-11H2,1-4H3;1H/q+1;/p-1. The summed E-state index contributed by atoms with van der Waals surface area (Å²) in [5, 5.41) is 0. The van der Waals surface area contributed by atoms with E-state index >= 15 is 0 Å². The van der Waals surface area contributed by atoms with E-state index in [1.54, 1.807) is 0 Å². The van der Waals surface area contributed by atoms with Crippen molar-refractivity contribution in [2.75, 3.05) is 34.0 Å². The van der Waals surface area contributed by atoms with E-state index in [0.717, 1.165) is 17.8 Å². The first-order valence-corrected chi connectivity index (χ1v) is 5.52. The molecule has 0 rings (SSSR count). The Balaban J connectivity index is 0. The fourth-order valence-corrected chi connectivity index (χ4v) is 1.44. The molecule has 0 bridgehead atoms. The lowest BCUT2D eigenvalue weighted by molar-refractivity contribution is -0.909. The summed E-state index contributed by atoms with van der Waals surface area (Å²) in [6, 6.07) is 0. The Morgan fingerprint density at radius 2 is 1.64 bits per heavy atom. The molecule has 0 aromatic heterocycles. The van der Waals surface area contributed by atoms with E-state index in [0.29, 0.717) is 0 Å². The third-order valence-corrected chi connectivity index (χ3v) is 2.16. The molecule has 0 unspecified atom stereocenters. The highest BCUT2D eigenvalue weighted by atomic mass is 35.5. The van der Waals surface area contributed by atoms with E-state index in [1.165, 1.54) is 32.2 Å². The van der Waals surface area contributed by atoms with Crippen LogP contribution in [0.5, 0.6) is 0 Å². The average molecular weight is 224 g/mol. The smallest absolute Gasteiger partial charge is 0.182 e. The topological polar surface area (TPSA) is 9.23 Å². The third-order valence-electron chi connectivity index (χ3n) is 2.16. The van der Waals surface area contributed by atoms with Crippen molar-refractivity contribution in [3.05, 3.63) is 0 Å². The first-order chi connectivity index (χ1) is 6.12. The fourth-order valence-electron chi connectivity index (χ4n) is 1.44. The molecule has 0 spiro atoms. The van der Waals surface area contributed by atoms with Gasteiger partial charge < -0.3 is 21.6 Å². The van der Waals surface area contributed by atoms with Crippen LogP contribution in [-0.4, -0.2) is 38.5 Å². The van der Waals surface area contributed by atoms with Gasteiger partial charge in [-0.2, -0.15) is 0 Å². The number of quaternary nitrogens is 1. The molecule has 0 aromatic rings. The molecule has 0 atom stereocenters. The summed E-state index contributed by atoms with van der Waals surface area (Å²) < 4.78 is 6.61. The minimum atomic E-state index is 0. The number of halogens is 1. The van der Waals surface area contributed by atoms with Crippen LogP contribution in [0.25, 0.3) is 0 Å². The zero-order chi connectivity index (χ0) is 10.2. The van der Waals surface area contributed by atoms with Gasteiger partial charge in [-0.05, 0) is 12.8 Å². The maximum Gasteiger partial charge on any atom is 0.182 e. The molecule has 0 radical (unpaired) electrons. The molecule has 0 saturated heterocycles. The Hall–Kier alpha value is 0.210. The van der Waals surface area contributed by atoms with E-state index in [-0.39, 0.29) is 12.4 Å². The Morgan fingerprint density at radius 3 is 2.14 bits per heavy atom. The van der Waals surface area contributed by atoms with E-state index in [9.17, 15) is 0 Å². The molecule has 0 aliphatic heterocycles. The molecule has 0 saturated carbocycles. The van der Waals surface area contributed by atoms with E-state index in [1.807, 2.05) is 0 Å². The lowest BCUT2D eigenvalue weighted by Gasteiger charge is -2.28. The van der Waals surface area contributed by atoms with E-state index in [2.05, 4.69) is 27.9 Å². The summed E-state index contributed by atoms with van der Waals surface area (Å²) in [5.41, 5.74) is 0. The molecule has 0 amide bonds. The normalized spacial score (nSPS) is 11.1. The lowest BCUT2D eigenvalue weighted by atomic mass is 10.3. The molecule has 0 N–H and O–H groups in total. The molecular weight excluding hydrogens is 198 g/mol. The summed E-state index contributed by atoms with van der Waals surface area (Å²) in [5.74, 6) is 0. The summed E-state index contributed by atoms with van der Waals surface area (Å²) in [4.78, 5) is 0. The van der Waals surface area contributed by atoms with Gasteiger partial charge in [-0.3, -0.25) is 0 Å². The van der Waals surface area contributed by atoms with Gasteiger partial charge in [0.15, 0.2) is 6.73 Å². The van der Waals surface area contributed by atoms with Crippen LogP contribution in [0.4, 0.5) is 0 Å². The highest BCUT2D eigenvalue weighted by Gasteiger charge is 2.12. The zero-order valence-corrected chi connectivity index (χ0v) is 10.9. The Morgan fingerprint density at radius 1 is 1.00 bits per heavy atom. The quantitative estimate of drug-likeness (QED) is 0.310. The van der Waals surface area contributed by atoms with E-state index in [4.69, 9.17) is 4.74 Å². The van der Waals surface area contributed by atoms with Gasteiger partial charge in [-0.25, -0.2) is 0 Å². The molecule has 0 aliphatic carbocycles. The monoisotopic (exact) mass is 223 g/mol. The van der Waals surface area contributed by atoms with Crippen LogP contribution >= 0.6 is 0 Å². The Labute approximate surface area is 95.6 Å². The minimum Gasteiger partial charge on any atom is -1.00 e. The number of rotatable bonds is 8. The van der Waals surface area contributed by atoms with Crippen LogP contribution in [0.3, 0.4) is 0 Å². The minimum absolute atomic E-state index is 0. The van der Waals surface area contributed by atoms with Gasteiger partial charge in [-0.15, -0.1) is 0 Å². The number of hydrogen-bond acceptors (Lipinski definition) is 1. The predicted octanol–water partition coefficient (Wildman–Crippen LogP) is -0.359. The number of hydrogen-bond donors (Lipinski definition) is 0. The molecular formula is C11H26ClNO. The van der Waals surface area contributed by atoms with Crippen LogP contribution < -0.4 is 12.4 Å². The van der Waals surface area contributed by atoms with Crippen molar-refractivity contribution in [1.29, 1.82) is 0 Å². The SMILES string of the molecule is CCCCCOC[N+](C)(C)CCC.[Cl-]. The molecule has 0 aliphatic rings. The maximum atomic E-state index is 5.63. The van der Waals surface area contributed by atoms with Crippen molar-refractivity contribution in [2.24, 2.45) is 0 Å². The molecule has 3 heteroatoms. The van der Waals surface area contributed by atoms with Crippen molar-refractivity contribution in [2.45, 2.75) is 39.5 Å². The average Bonchev–Trinajstić information content (AvgIpc) is 2.04. The van der Waals surface area contributed by atoms with Crippen LogP contribution in [0.15, 0.2) is 0 Å². The number of nitrogens with zero attached hydrogens (tertiary/aromatic N) is 1. The van der Waals surface area contributed by atoms with Crippen LogP contribution in [0.2, 0.25) is 0 Å². The lowest BCUT2D eigenvalue weighted by Crippen LogP contribution is -3.00. The van der Waals surface area contributed by atoms with Crippen molar-refractivity contribution in [3.8, 4) is 0 Å². The highest BCUT2D eigenvalue weighted by molar-refractivity contribution is 4.34. The van der Waals surface area contributed by atoms with Crippen LogP contribution in [-0.2, 0) is 4.74 Å². The van der Waals surface area contributed by atoms with Crippen molar-refractivity contribution < 1.29 is 21.6 Å². The summed E-state index contributed by atoms with van der Waals surface area (Å²) in [6.07, 6.45) is 5.01. The third kappa shape index (κ3) is 10.3. The van der Waals surface area contributed by atoms with E-state index < -0.39 is 0 Å². The highest BCUT2D eigenvalue weighted by Crippen LogP contribution is 2.01. The maximum absolute atomic E-state index is 5.63. The van der Waals surface area contributed by atoms with Gasteiger partial charge in [0, 0.05) is 0 Å². The summed E-state index contributed by atoms with van der Waals surface area (Å²) >= 11 is 0. The van der Waals surface area contributed by atoms with Gasteiger partial charge >= 0.3 is 0 Å². The first-order valence-electron chi connectivity index (χ1n) is 5.52. The Bertz CT molecular complexity index is 118. The fraction of sp³-hybridized carbons (Fsp3) is 1.00. The van der Waals surface area contributed by atoms with Gasteiger partial charge in [0.1, 0.15) is 0 Å². The second kappa shape index (κ2) is 9.75. The predicted molar refractivity (Wildman–Crippen MR) is 57.6 cm³/mol. The molecule has 0 aromatic carbocycles. The first kappa shape index (κ1) is 16.6. The van der Waals surface area contributed by atoms with Crippen molar-refractivity contribution >= 4 is 0 Å². The summed E-state index contributed by atoms with van der Waals surface area (Å²) in [6.45, 7) is 7.43. The largest absolute Gasteiger partial charge is 1.00 e. The van der Waals surface area contributed by atoms with Gasteiger partial charge in [0.2, 0.25) is 0 Å². The van der Waals surface area contributed by atoms with Crippen LogP contribution in [0, 0.1) is 0 Å². The second-order valence-electron chi connectivity index (χ2n) is 4.40. The molecule has 2 nitrogen and oxygen atoms in total. The van der Waals surface area contributed by atoms with Crippen molar-refractivity contribution in [3.63, 3.8) is 0 Å². The second-order valence-corrected chi connectivity index (χ2v) is 4.40. The van der Waals surface area contributed by atoms with Crippen molar-refractivity contribution in [1.82, 2.24) is 0 Å². The molecule has 0 heterocycles. The van der Waals surface area contributed by atoms with Gasteiger partial charge in [0.25, 0.3) is 0 Å². The number of ether oxygens (including phenoxy) is 1. The van der Waals surface area contributed by atoms with Gasteiger partial charge in [-0.1, -0.05) is 26.7 Å². The molecule has 14 heavy (non-hydrogen) atoms. The van der Waals surface area contributed by atoms with Gasteiger partial charge in [0.05, 0.1) is 27.2 Å².